The van der Waals surface area contributed by atoms with Gasteiger partial charge < -0.3 is 15.7 Å². The van der Waals surface area contributed by atoms with E-state index >= 15 is 0 Å². The molecule has 1 unspecified atom stereocenters. The summed E-state index contributed by atoms with van der Waals surface area (Å²) in [6.45, 7) is 4.00. The first kappa shape index (κ1) is 15.3. The minimum absolute atomic E-state index is 0.0706. The van der Waals surface area contributed by atoms with Crippen LogP contribution in [0, 0.1) is 13.8 Å². The highest BCUT2D eigenvalue weighted by atomic mass is 32.1. The van der Waals surface area contributed by atoms with Crippen molar-refractivity contribution in [3.63, 3.8) is 0 Å². The molecule has 7 nitrogen and oxygen atoms in total. The Morgan fingerprint density at radius 3 is 2.81 bits per heavy atom. The standard InChI is InChI=1S/C13H17N3O4S/c1-7-3-9(21-8(7)2)4-15-13(20)16-6-11(17)14-5-10(16)12(18)19/h3,10H,4-6H2,1-2H3,(H,14,17)(H,15,20)(H,18,19). The Morgan fingerprint density at radius 2 is 2.24 bits per heavy atom. The van der Waals surface area contributed by atoms with Crippen molar-refractivity contribution in [2.45, 2.75) is 26.4 Å². The van der Waals surface area contributed by atoms with Crippen LogP contribution in [0.15, 0.2) is 6.07 Å². The van der Waals surface area contributed by atoms with E-state index in [4.69, 9.17) is 5.11 Å². The first-order valence-electron chi connectivity index (χ1n) is 6.48. The predicted molar refractivity (Wildman–Crippen MR) is 77.2 cm³/mol. The molecule has 3 N–H and O–H groups in total. The van der Waals surface area contributed by atoms with Crippen LogP contribution in [0.5, 0.6) is 0 Å². The first-order valence-corrected chi connectivity index (χ1v) is 7.30. The Morgan fingerprint density at radius 1 is 1.52 bits per heavy atom. The van der Waals surface area contributed by atoms with Crippen molar-refractivity contribution >= 4 is 29.2 Å². The number of carbonyl (C=O) groups is 3. The maximum atomic E-state index is 12.1. The monoisotopic (exact) mass is 311 g/mol. The number of rotatable bonds is 3. The smallest absolute Gasteiger partial charge is 0.328 e. The van der Waals surface area contributed by atoms with E-state index in [1.54, 1.807) is 11.3 Å². The zero-order chi connectivity index (χ0) is 15.6. The van der Waals surface area contributed by atoms with E-state index in [0.29, 0.717) is 6.54 Å². The number of nitrogens with zero attached hydrogens (tertiary/aromatic N) is 1. The summed E-state index contributed by atoms with van der Waals surface area (Å²) in [5, 5.41) is 14.2. The molecule has 1 fully saturated rings. The Bertz CT molecular complexity index is 564. The normalized spacial score (nSPS) is 18.3. The van der Waals surface area contributed by atoms with Gasteiger partial charge in [0, 0.05) is 16.3 Å². The van der Waals surface area contributed by atoms with E-state index in [9.17, 15) is 14.4 Å². The molecule has 0 spiro atoms. The predicted octanol–water partition coefficient (Wildman–Crippen LogP) is 0.460. The van der Waals surface area contributed by atoms with E-state index in [0.717, 1.165) is 15.3 Å². The molecule has 0 aromatic carbocycles. The molecule has 1 atom stereocenters. The van der Waals surface area contributed by atoms with E-state index in [-0.39, 0.29) is 19.0 Å². The summed E-state index contributed by atoms with van der Waals surface area (Å²) >= 11 is 1.58. The molecule has 1 aliphatic heterocycles. The number of carboxylic acid groups (broad SMARTS) is 1. The molecule has 1 aromatic heterocycles. The van der Waals surface area contributed by atoms with Crippen molar-refractivity contribution < 1.29 is 19.5 Å². The third-order valence-corrected chi connectivity index (χ3v) is 4.51. The second-order valence-electron chi connectivity index (χ2n) is 4.90. The lowest BCUT2D eigenvalue weighted by molar-refractivity contribution is -0.144. The minimum atomic E-state index is -1.13. The number of piperazine rings is 1. The van der Waals surface area contributed by atoms with E-state index in [1.165, 1.54) is 4.88 Å². The summed E-state index contributed by atoms with van der Waals surface area (Å²) in [6, 6.07) is 0.410. The third kappa shape index (κ3) is 3.52. The molecule has 1 aromatic rings. The fourth-order valence-corrected chi connectivity index (χ4v) is 3.07. The summed E-state index contributed by atoms with van der Waals surface area (Å²) in [5.74, 6) is -1.49. The molecule has 1 aliphatic rings. The fraction of sp³-hybridized carbons (Fsp3) is 0.462. The van der Waals surface area contributed by atoms with Crippen LogP contribution in [-0.2, 0) is 16.1 Å². The maximum absolute atomic E-state index is 12.1. The zero-order valence-electron chi connectivity index (χ0n) is 11.8. The van der Waals surface area contributed by atoms with Gasteiger partial charge >= 0.3 is 12.0 Å². The van der Waals surface area contributed by atoms with Gasteiger partial charge in [-0.05, 0) is 25.5 Å². The van der Waals surface area contributed by atoms with Gasteiger partial charge in [0.15, 0.2) is 0 Å². The van der Waals surface area contributed by atoms with Crippen molar-refractivity contribution in [2.24, 2.45) is 0 Å². The molecule has 8 heteroatoms. The molecule has 0 bridgehead atoms. The van der Waals surface area contributed by atoms with E-state index in [2.05, 4.69) is 10.6 Å². The number of thiophene rings is 1. The van der Waals surface area contributed by atoms with Gasteiger partial charge in [-0.2, -0.15) is 0 Å². The average Bonchev–Trinajstić information content (AvgIpc) is 2.74. The van der Waals surface area contributed by atoms with Crippen molar-refractivity contribution in [1.82, 2.24) is 15.5 Å². The van der Waals surface area contributed by atoms with Gasteiger partial charge in [-0.15, -0.1) is 11.3 Å². The number of aliphatic carboxylic acids is 1. The SMILES string of the molecule is Cc1cc(CNC(=O)N2CC(=O)NCC2C(=O)O)sc1C. The number of hydrogen-bond acceptors (Lipinski definition) is 4. The molecule has 21 heavy (non-hydrogen) atoms. The van der Waals surface area contributed by atoms with Gasteiger partial charge in [0.05, 0.1) is 6.54 Å². The van der Waals surface area contributed by atoms with Gasteiger partial charge in [0.25, 0.3) is 0 Å². The lowest BCUT2D eigenvalue weighted by atomic mass is 10.2. The maximum Gasteiger partial charge on any atom is 0.328 e. The second-order valence-corrected chi connectivity index (χ2v) is 6.24. The molecule has 0 aliphatic carbocycles. The van der Waals surface area contributed by atoms with Crippen molar-refractivity contribution in [1.29, 1.82) is 0 Å². The highest BCUT2D eigenvalue weighted by Gasteiger charge is 2.35. The van der Waals surface area contributed by atoms with Crippen LogP contribution in [-0.4, -0.2) is 47.0 Å². The van der Waals surface area contributed by atoms with Crippen LogP contribution < -0.4 is 10.6 Å². The molecular weight excluding hydrogens is 294 g/mol. The molecule has 3 amide bonds. The third-order valence-electron chi connectivity index (χ3n) is 3.36. The Kier molecular flexibility index (Phi) is 4.46. The Balaban J connectivity index is 2.00. The highest BCUT2D eigenvalue weighted by molar-refractivity contribution is 7.12. The lowest BCUT2D eigenvalue weighted by Gasteiger charge is -2.32. The zero-order valence-corrected chi connectivity index (χ0v) is 12.6. The highest BCUT2D eigenvalue weighted by Crippen LogP contribution is 2.20. The van der Waals surface area contributed by atoms with E-state index in [1.807, 2.05) is 19.9 Å². The number of carbonyl (C=O) groups excluding carboxylic acids is 2. The number of aryl methyl sites for hydroxylation is 2. The molecule has 0 saturated carbocycles. The quantitative estimate of drug-likeness (QED) is 0.755. The van der Waals surface area contributed by atoms with Crippen LogP contribution in [0.25, 0.3) is 0 Å². The van der Waals surface area contributed by atoms with Gasteiger partial charge in [-0.3, -0.25) is 9.69 Å². The Hall–Kier alpha value is -2.09. The largest absolute Gasteiger partial charge is 0.480 e. The number of hydrogen-bond donors (Lipinski definition) is 3. The summed E-state index contributed by atoms with van der Waals surface area (Å²) in [5.41, 5.74) is 1.16. The van der Waals surface area contributed by atoms with Crippen LogP contribution >= 0.6 is 11.3 Å². The second kappa shape index (κ2) is 6.13. The van der Waals surface area contributed by atoms with Crippen LogP contribution in [0.2, 0.25) is 0 Å². The number of urea groups is 1. The van der Waals surface area contributed by atoms with Crippen molar-refractivity contribution in [2.75, 3.05) is 13.1 Å². The van der Waals surface area contributed by atoms with Gasteiger partial charge in [-0.1, -0.05) is 0 Å². The van der Waals surface area contributed by atoms with Crippen molar-refractivity contribution in [3.05, 3.63) is 21.4 Å². The van der Waals surface area contributed by atoms with E-state index < -0.39 is 18.0 Å². The van der Waals surface area contributed by atoms with Gasteiger partial charge in [0.1, 0.15) is 12.6 Å². The number of amides is 3. The van der Waals surface area contributed by atoms with Crippen LogP contribution in [0.3, 0.4) is 0 Å². The topological polar surface area (TPSA) is 98.7 Å². The molecule has 114 valence electrons. The fourth-order valence-electron chi connectivity index (χ4n) is 2.08. The average molecular weight is 311 g/mol. The molecule has 1 saturated heterocycles. The van der Waals surface area contributed by atoms with Crippen LogP contribution in [0.1, 0.15) is 15.3 Å². The van der Waals surface area contributed by atoms with Gasteiger partial charge in [0.2, 0.25) is 5.91 Å². The number of carboxylic acids is 1. The Labute approximate surface area is 125 Å². The van der Waals surface area contributed by atoms with Gasteiger partial charge in [-0.25, -0.2) is 9.59 Å². The minimum Gasteiger partial charge on any atom is -0.480 e. The van der Waals surface area contributed by atoms with Crippen molar-refractivity contribution in [3.8, 4) is 0 Å². The lowest BCUT2D eigenvalue weighted by Crippen LogP contribution is -2.61. The summed E-state index contributed by atoms with van der Waals surface area (Å²) < 4.78 is 0. The summed E-state index contributed by atoms with van der Waals surface area (Å²) in [6.07, 6.45) is 0. The molecular formula is C13H17N3O4S. The molecule has 2 heterocycles. The number of nitrogens with one attached hydrogen (secondary N) is 2. The summed E-state index contributed by atoms with van der Waals surface area (Å²) in [4.78, 5) is 37.8. The molecule has 0 radical (unpaired) electrons. The molecule has 2 rings (SSSR count). The summed E-state index contributed by atoms with van der Waals surface area (Å²) in [7, 11) is 0. The van der Waals surface area contributed by atoms with Crippen LogP contribution in [0.4, 0.5) is 4.79 Å². The first-order chi connectivity index (χ1) is 9.88.